The van der Waals surface area contributed by atoms with Crippen LogP contribution in [-0.4, -0.2) is 10.9 Å². The van der Waals surface area contributed by atoms with Crippen LogP contribution in [0.3, 0.4) is 0 Å². The molecule has 0 spiro atoms. The first-order valence-electron chi connectivity index (χ1n) is 9.12. The predicted octanol–water partition coefficient (Wildman–Crippen LogP) is 5.24. The second-order valence-electron chi connectivity index (χ2n) is 8.87. The van der Waals surface area contributed by atoms with Crippen molar-refractivity contribution in [3.8, 4) is 5.75 Å². The van der Waals surface area contributed by atoms with Gasteiger partial charge in [0, 0.05) is 12.8 Å². The highest BCUT2D eigenvalue weighted by atomic mass is 16.3. The average molecular weight is 314 g/mol. The number of hydrogen-bond acceptors (Lipinski definition) is 2. The Morgan fingerprint density at radius 1 is 1.04 bits per heavy atom. The molecule has 0 radical (unpaired) electrons. The Kier molecular flexibility index (Phi) is 4.29. The van der Waals surface area contributed by atoms with Crippen molar-refractivity contribution in [2.45, 2.75) is 71.1 Å². The van der Waals surface area contributed by atoms with Gasteiger partial charge in [-0.1, -0.05) is 32.9 Å². The zero-order chi connectivity index (χ0) is 16.7. The fourth-order valence-electron chi connectivity index (χ4n) is 5.69. The number of carbonyl (C=O) groups is 1. The lowest BCUT2D eigenvalue weighted by Crippen LogP contribution is -2.46. The van der Waals surface area contributed by atoms with E-state index in [4.69, 9.17) is 0 Å². The third-order valence-electron chi connectivity index (χ3n) is 6.17. The van der Waals surface area contributed by atoms with Crippen molar-refractivity contribution in [1.82, 2.24) is 0 Å². The molecule has 2 aliphatic rings. The van der Waals surface area contributed by atoms with Crippen LogP contribution in [-0.2, 0) is 10.2 Å². The number of ketones is 1. The average Bonchev–Trinajstić information content (AvgIpc) is 2.46. The second kappa shape index (κ2) is 5.96. The lowest BCUT2D eigenvalue weighted by atomic mass is 9.51. The molecular weight excluding hydrogens is 284 g/mol. The van der Waals surface area contributed by atoms with Crippen molar-refractivity contribution < 1.29 is 9.90 Å². The van der Waals surface area contributed by atoms with E-state index in [1.165, 1.54) is 24.8 Å². The molecule has 0 saturated heterocycles. The molecular formula is C21H30O2. The minimum absolute atomic E-state index is 0.162. The summed E-state index contributed by atoms with van der Waals surface area (Å²) in [5.41, 5.74) is 1.86. The molecule has 1 aromatic carbocycles. The molecule has 2 atom stereocenters. The van der Waals surface area contributed by atoms with E-state index in [1.54, 1.807) is 0 Å². The van der Waals surface area contributed by atoms with E-state index >= 15 is 0 Å². The van der Waals surface area contributed by atoms with Crippen LogP contribution in [0.15, 0.2) is 24.3 Å². The quantitative estimate of drug-likeness (QED) is 0.811. The number of benzene rings is 1. The van der Waals surface area contributed by atoms with Crippen molar-refractivity contribution >= 4 is 5.78 Å². The lowest BCUT2D eigenvalue weighted by Gasteiger charge is -2.53. The molecule has 126 valence electrons. The number of phenols is 1. The molecule has 3 rings (SSSR count). The molecule has 2 unspecified atom stereocenters. The summed E-state index contributed by atoms with van der Waals surface area (Å²) < 4.78 is 0. The fraction of sp³-hybridized carbons (Fsp3) is 0.667. The third-order valence-corrected chi connectivity index (χ3v) is 6.17. The topological polar surface area (TPSA) is 37.3 Å². The van der Waals surface area contributed by atoms with Gasteiger partial charge in [0.1, 0.15) is 11.5 Å². The Morgan fingerprint density at radius 3 is 2.22 bits per heavy atom. The van der Waals surface area contributed by atoms with Gasteiger partial charge in [0.2, 0.25) is 0 Å². The molecule has 2 saturated carbocycles. The molecule has 2 aliphatic carbocycles. The number of rotatable bonds is 2. The van der Waals surface area contributed by atoms with Gasteiger partial charge in [0.15, 0.2) is 0 Å². The van der Waals surface area contributed by atoms with Crippen LogP contribution in [0, 0.1) is 17.3 Å². The Morgan fingerprint density at radius 2 is 1.65 bits per heavy atom. The Bertz CT molecular complexity index is 562. The fourth-order valence-corrected chi connectivity index (χ4v) is 5.69. The van der Waals surface area contributed by atoms with Crippen molar-refractivity contribution in [1.29, 1.82) is 0 Å². The Hall–Kier alpha value is -1.31. The first-order valence-corrected chi connectivity index (χ1v) is 9.12. The normalized spacial score (nSPS) is 32.0. The predicted molar refractivity (Wildman–Crippen MR) is 93.5 cm³/mol. The van der Waals surface area contributed by atoms with E-state index in [-0.39, 0.29) is 5.41 Å². The van der Waals surface area contributed by atoms with E-state index in [1.807, 2.05) is 12.1 Å². The van der Waals surface area contributed by atoms with Gasteiger partial charge in [-0.05, 0) is 72.5 Å². The van der Waals surface area contributed by atoms with Crippen molar-refractivity contribution in [3.05, 3.63) is 29.8 Å². The zero-order valence-corrected chi connectivity index (χ0v) is 14.8. The van der Waals surface area contributed by atoms with Crippen LogP contribution in [0.25, 0.3) is 0 Å². The standard InChI is InChI=1S/C21H30O2/c1-15-12-20(2,3)14-21(13-15,16-4-8-18(22)9-5-16)17-6-10-19(23)11-7-17/h4-5,8-9,15,17,22H,6-7,10-14H2,1-3H3. The van der Waals surface area contributed by atoms with Gasteiger partial charge in [-0.15, -0.1) is 0 Å². The van der Waals surface area contributed by atoms with E-state index in [2.05, 4.69) is 32.9 Å². The molecule has 0 heterocycles. The van der Waals surface area contributed by atoms with Crippen LogP contribution in [0.2, 0.25) is 0 Å². The molecule has 0 bridgehead atoms. The summed E-state index contributed by atoms with van der Waals surface area (Å²) >= 11 is 0. The number of phenolic OH excluding ortho intramolecular Hbond substituents is 1. The summed E-state index contributed by atoms with van der Waals surface area (Å²) in [6, 6.07) is 7.91. The van der Waals surface area contributed by atoms with Crippen molar-refractivity contribution in [2.24, 2.45) is 17.3 Å². The summed E-state index contributed by atoms with van der Waals surface area (Å²) in [5.74, 6) is 2.06. The number of carbonyl (C=O) groups excluding carboxylic acids is 1. The maximum absolute atomic E-state index is 11.7. The smallest absolute Gasteiger partial charge is 0.132 e. The second-order valence-corrected chi connectivity index (χ2v) is 8.87. The highest BCUT2D eigenvalue weighted by Gasteiger charge is 2.48. The molecule has 1 N–H and O–H groups in total. The third kappa shape index (κ3) is 3.32. The Balaban J connectivity index is 2.02. The molecule has 2 heteroatoms. The van der Waals surface area contributed by atoms with E-state index in [0.717, 1.165) is 25.7 Å². The lowest BCUT2D eigenvalue weighted by molar-refractivity contribution is -0.121. The summed E-state index contributed by atoms with van der Waals surface area (Å²) in [4.78, 5) is 11.7. The molecule has 2 fully saturated rings. The van der Waals surface area contributed by atoms with E-state index < -0.39 is 0 Å². The number of Topliss-reactive ketones (excluding diaryl/α,β-unsaturated/α-hetero) is 1. The highest BCUT2D eigenvalue weighted by Crippen LogP contribution is 2.56. The van der Waals surface area contributed by atoms with Gasteiger partial charge in [0.05, 0.1) is 0 Å². The van der Waals surface area contributed by atoms with Crippen LogP contribution >= 0.6 is 0 Å². The van der Waals surface area contributed by atoms with Crippen molar-refractivity contribution in [3.63, 3.8) is 0 Å². The van der Waals surface area contributed by atoms with Crippen LogP contribution in [0.4, 0.5) is 0 Å². The zero-order valence-electron chi connectivity index (χ0n) is 14.8. The molecule has 0 aliphatic heterocycles. The van der Waals surface area contributed by atoms with Crippen LogP contribution in [0.1, 0.15) is 71.3 Å². The van der Waals surface area contributed by atoms with Crippen molar-refractivity contribution in [2.75, 3.05) is 0 Å². The summed E-state index contributed by atoms with van der Waals surface area (Å²) in [6.07, 6.45) is 7.23. The van der Waals surface area contributed by atoms with Crippen LogP contribution < -0.4 is 0 Å². The maximum Gasteiger partial charge on any atom is 0.132 e. The van der Waals surface area contributed by atoms with Gasteiger partial charge in [-0.3, -0.25) is 4.79 Å². The summed E-state index contributed by atoms with van der Waals surface area (Å²) in [6.45, 7) is 7.17. The number of aromatic hydroxyl groups is 1. The summed E-state index contributed by atoms with van der Waals surface area (Å²) in [5, 5.41) is 9.69. The van der Waals surface area contributed by atoms with Gasteiger partial charge < -0.3 is 5.11 Å². The maximum atomic E-state index is 11.7. The SMILES string of the molecule is CC1CC(C)(C)CC(c2ccc(O)cc2)(C2CCC(=O)CC2)C1. The van der Waals surface area contributed by atoms with Gasteiger partial charge in [-0.2, -0.15) is 0 Å². The Labute approximate surface area is 140 Å². The van der Waals surface area contributed by atoms with Gasteiger partial charge in [0.25, 0.3) is 0 Å². The van der Waals surface area contributed by atoms with E-state index in [9.17, 15) is 9.90 Å². The molecule has 2 nitrogen and oxygen atoms in total. The monoisotopic (exact) mass is 314 g/mol. The molecule has 1 aromatic rings. The first kappa shape index (κ1) is 16.5. The highest BCUT2D eigenvalue weighted by molar-refractivity contribution is 5.79. The van der Waals surface area contributed by atoms with Gasteiger partial charge >= 0.3 is 0 Å². The van der Waals surface area contributed by atoms with E-state index in [0.29, 0.717) is 28.8 Å². The van der Waals surface area contributed by atoms with Gasteiger partial charge in [-0.25, -0.2) is 0 Å². The number of hydrogen-bond donors (Lipinski definition) is 1. The minimum Gasteiger partial charge on any atom is -0.508 e. The molecule has 0 amide bonds. The van der Waals surface area contributed by atoms with Crippen LogP contribution in [0.5, 0.6) is 5.75 Å². The molecule has 0 aromatic heterocycles. The summed E-state index contributed by atoms with van der Waals surface area (Å²) in [7, 11) is 0. The first-order chi connectivity index (χ1) is 10.8. The molecule has 23 heavy (non-hydrogen) atoms. The largest absolute Gasteiger partial charge is 0.508 e. The minimum atomic E-state index is 0.162.